The first-order valence-electron chi connectivity index (χ1n) is 6.40. The Morgan fingerprint density at radius 3 is 3.00 bits per heavy atom. The van der Waals surface area contributed by atoms with Gasteiger partial charge >= 0.3 is 0 Å². The molecule has 3 nitrogen and oxygen atoms in total. The van der Waals surface area contributed by atoms with Crippen molar-refractivity contribution in [2.45, 2.75) is 44.7 Å². The van der Waals surface area contributed by atoms with Crippen LogP contribution in [0.4, 0.5) is 0 Å². The van der Waals surface area contributed by atoms with Crippen molar-refractivity contribution in [1.82, 2.24) is 9.88 Å². The van der Waals surface area contributed by atoms with Crippen LogP contribution < -0.4 is 0 Å². The van der Waals surface area contributed by atoms with Crippen LogP contribution in [0.5, 0.6) is 0 Å². The predicted molar refractivity (Wildman–Crippen MR) is 67.6 cm³/mol. The molecule has 0 aromatic carbocycles. The summed E-state index contributed by atoms with van der Waals surface area (Å²) in [4.78, 5) is 18.4. The van der Waals surface area contributed by atoms with Gasteiger partial charge in [-0.1, -0.05) is 18.9 Å². The summed E-state index contributed by atoms with van der Waals surface area (Å²) in [6.07, 6.45) is 6.98. The third kappa shape index (κ3) is 3.37. The van der Waals surface area contributed by atoms with E-state index in [1.807, 2.05) is 25.2 Å². The number of carbonyl (C=O) groups excluding carboxylic acids is 1. The van der Waals surface area contributed by atoms with Gasteiger partial charge in [0.05, 0.1) is 11.7 Å². The predicted octanol–water partition coefficient (Wildman–Crippen LogP) is 2.42. The SMILES string of the molecule is CN(Cc1ccccn1)C1CCCCCC1=O. The van der Waals surface area contributed by atoms with Gasteiger partial charge in [-0.15, -0.1) is 0 Å². The Hall–Kier alpha value is -1.22. The highest BCUT2D eigenvalue weighted by Gasteiger charge is 2.24. The topological polar surface area (TPSA) is 33.2 Å². The molecule has 92 valence electrons. The van der Waals surface area contributed by atoms with Gasteiger partial charge in [-0.2, -0.15) is 0 Å². The molecule has 0 N–H and O–H groups in total. The molecule has 0 amide bonds. The van der Waals surface area contributed by atoms with Gasteiger partial charge in [0.25, 0.3) is 0 Å². The molecule has 17 heavy (non-hydrogen) atoms. The highest BCUT2D eigenvalue weighted by molar-refractivity contribution is 5.84. The van der Waals surface area contributed by atoms with Crippen LogP contribution in [-0.2, 0) is 11.3 Å². The maximum absolute atomic E-state index is 12.0. The number of pyridine rings is 1. The van der Waals surface area contributed by atoms with E-state index in [1.165, 1.54) is 12.8 Å². The Labute approximate surface area is 103 Å². The maximum atomic E-state index is 12.0. The number of ketones is 1. The van der Waals surface area contributed by atoms with Crippen molar-refractivity contribution in [3.63, 3.8) is 0 Å². The van der Waals surface area contributed by atoms with E-state index in [1.54, 1.807) is 6.20 Å². The zero-order chi connectivity index (χ0) is 12.1. The molecule has 1 aromatic heterocycles. The molecular formula is C14H20N2O. The average molecular weight is 232 g/mol. The van der Waals surface area contributed by atoms with E-state index in [-0.39, 0.29) is 6.04 Å². The number of likely N-dealkylation sites (N-methyl/N-ethyl adjacent to an activating group) is 1. The van der Waals surface area contributed by atoms with Crippen molar-refractivity contribution in [1.29, 1.82) is 0 Å². The summed E-state index contributed by atoms with van der Waals surface area (Å²) in [6, 6.07) is 6.02. The van der Waals surface area contributed by atoms with Crippen LogP contribution in [-0.4, -0.2) is 28.8 Å². The van der Waals surface area contributed by atoms with E-state index in [2.05, 4.69) is 9.88 Å². The molecule has 0 bridgehead atoms. The normalized spacial score (nSPS) is 21.5. The van der Waals surface area contributed by atoms with Gasteiger partial charge in [0.2, 0.25) is 0 Å². The van der Waals surface area contributed by atoms with Crippen LogP contribution >= 0.6 is 0 Å². The molecule has 0 radical (unpaired) electrons. The largest absolute Gasteiger partial charge is 0.298 e. The molecule has 3 heteroatoms. The molecule has 1 aromatic rings. The van der Waals surface area contributed by atoms with E-state index in [0.717, 1.165) is 31.5 Å². The molecule has 0 saturated heterocycles. The number of nitrogens with zero attached hydrogens (tertiary/aromatic N) is 2. The van der Waals surface area contributed by atoms with Crippen molar-refractivity contribution < 1.29 is 4.79 Å². The van der Waals surface area contributed by atoms with Crippen LogP contribution in [0.25, 0.3) is 0 Å². The molecule has 2 rings (SSSR count). The van der Waals surface area contributed by atoms with Crippen LogP contribution in [0.15, 0.2) is 24.4 Å². The summed E-state index contributed by atoms with van der Waals surface area (Å²) in [5.41, 5.74) is 1.03. The minimum atomic E-state index is 0.0968. The van der Waals surface area contributed by atoms with E-state index >= 15 is 0 Å². The first-order chi connectivity index (χ1) is 8.27. The lowest BCUT2D eigenvalue weighted by atomic mass is 10.1. The fraction of sp³-hybridized carbons (Fsp3) is 0.571. The third-order valence-electron chi connectivity index (χ3n) is 3.44. The minimum absolute atomic E-state index is 0.0968. The average Bonchev–Trinajstić information content (AvgIpc) is 2.55. The van der Waals surface area contributed by atoms with Gasteiger partial charge in [0.15, 0.2) is 0 Å². The van der Waals surface area contributed by atoms with E-state index in [4.69, 9.17) is 0 Å². The molecule has 1 aliphatic rings. The zero-order valence-electron chi connectivity index (χ0n) is 10.4. The number of hydrogen-bond donors (Lipinski definition) is 0. The van der Waals surface area contributed by atoms with E-state index in [0.29, 0.717) is 5.78 Å². The maximum Gasteiger partial charge on any atom is 0.149 e. The van der Waals surface area contributed by atoms with Crippen molar-refractivity contribution in [2.24, 2.45) is 0 Å². The molecule has 1 aliphatic carbocycles. The monoisotopic (exact) mass is 232 g/mol. The van der Waals surface area contributed by atoms with Crippen molar-refractivity contribution in [3.8, 4) is 0 Å². The number of aromatic nitrogens is 1. The van der Waals surface area contributed by atoms with E-state index < -0.39 is 0 Å². The summed E-state index contributed by atoms with van der Waals surface area (Å²) in [6.45, 7) is 0.761. The van der Waals surface area contributed by atoms with E-state index in [9.17, 15) is 4.79 Å². The van der Waals surface area contributed by atoms with Crippen LogP contribution in [0.1, 0.15) is 37.8 Å². The quantitative estimate of drug-likeness (QED) is 0.750. The van der Waals surface area contributed by atoms with Gasteiger partial charge in [-0.05, 0) is 32.0 Å². The van der Waals surface area contributed by atoms with Gasteiger partial charge in [-0.25, -0.2) is 0 Å². The van der Waals surface area contributed by atoms with Crippen LogP contribution in [0.3, 0.4) is 0 Å². The summed E-state index contributed by atoms with van der Waals surface area (Å²) in [7, 11) is 2.03. The van der Waals surface area contributed by atoms with Gasteiger partial charge in [0.1, 0.15) is 5.78 Å². The smallest absolute Gasteiger partial charge is 0.149 e. The lowest BCUT2D eigenvalue weighted by molar-refractivity contribution is -0.123. The second kappa shape index (κ2) is 5.92. The molecule has 1 heterocycles. The van der Waals surface area contributed by atoms with Gasteiger partial charge in [0, 0.05) is 19.2 Å². The molecule has 0 aliphatic heterocycles. The Morgan fingerprint density at radius 1 is 1.35 bits per heavy atom. The second-order valence-electron chi connectivity index (χ2n) is 4.82. The third-order valence-corrected chi connectivity index (χ3v) is 3.44. The molecule has 1 fully saturated rings. The molecule has 0 spiro atoms. The fourth-order valence-electron chi connectivity index (χ4n) is 2.46. The Balaban J connectivity index is 1.98. The summed E-state index contributed by atoms with van der Waals surface area (Å²) in [5.74, 6) is 0.404. The first kappa shape index (κ1) is 12.2. The number of hydrogen-bond acceptors (Lipinski definition) is 3. The summed E-state index contributed by atoms with van der Waals surface area (Å²) >= 11 is 0. The highest BCUT2D eigenvalue weighted by Crippen LogP contribution is 2.19. The number of rotatable bonds is 3. The standard InChI is InChI=1S/C14H20N2O/c1-16(11-12-7-5-6-10-15-12)13-8-3-2-4-9-14(13)17/h5-7,10,13H,2-4,8-9,11H2,1H3. The second-order valence-corrected chi connectivity index (χ2v) is 4.82. The Morgan fingerprint density at radius 2 is 2.24 bits per heavy atom. The fourth-order valence-corrected chi connectivity index (χ4v) is 2.46. The zero-order valence-corrected chi connectivity index (χ0v) is 10.4. The number of carbonyl (C=O) groups is 1. The summed E-state index contributed by atoms with van der Waals surface area (Å²) in [5, 5.41) is 0. The summed E-state index contributed by atoms with van der Waals surface area (Å²) < 4.78 is 0. The van der Waals surface area contributed by atoms with Crippen molar-refractivity contribution in [3.05, 3.63) is 30.1 Å². The lowest BCUT2D eigenvalue weighted by Gasteiger charge is -2.25. The van der Waals surface area contributed by atoms with Crippen LogP contribution in [0.2, 0.25) is 0 Å². The molecule has 1 atom stereocenters. The van der Waals surface area contributed by atoms with Crippen LogP contribution in [0, 0.1) is 0 Å². The highest BCUT2D eigenvalue weighted by atomic mass is 16.1. The minimum Gasteiger partial charge on any atom is -0.298 e. The van der Waals surface area contributed by atoms with Gasteiger partial charge in [-0.3, -0.25) is 14.7 Å². The lowest BCUT2D eigenvalue weighted by Crippen LogP contribution is -2.37. The van der Waals surface area contributed by atoms with Crippen molar-refractivity contribution in [2.75, 3.05) is 7.05 Å². The first-order valence-corrected chi connectivity index (χ1v) is 6.40. The molecule has 1 unspecified atom stereocenters. The molecular weight excluding hydrogens is 212 g/mol. The number of Topliss-reactive ketones (excluding diaryl/α,β-unsaturated/α-hetero) is 1. The van der Waals surface area contributed by atoms with Crippen molar-refractivity contribution >= 4 is 5.78 Å². The Kier molecular flexibility index (Phi) is 4.26. The van der Waals surface area contributed by atoms with Gasteiger partial charge < -0.3 is 0 Å². The Bertz CT molecular complexity index is 364. The molecule has 1 saturated carbocycles.